The molecule has 1 N–H and O–H groups in total. The summed E-state index contributed by atoms with van der Waals surface area (Å²) in [4.78, 5) is 12.1. The van der Waals surface area contributed by atoms with Crippen molar-refractivity contribution in [2.75, 3.05) is 7.05 Å². The highest BCUT2D eigenvalue weighted by atomic mass is 32.2. The molecule has 0 bridgehead atoms. The van der Waals surface area contributed by atoms with E-state index >= 15 is 0 Å². The van der Waals surface area contributed by atoms with E-state index in [1.165, 1.54) is 0 Å². The second-order valence-electron chi connectivity index (χ2n) is 7.29. The molecule has 0 heterocycles. The van der Waals surface area contributed by atoms with Gasteiger partial charge in [0.25, 0.3) is 5.91 Å². The van der Waals surface area contributed by atoms with E-state index in [9.17, 15) is 13.2 Å². The van der Waals surface area contributed by atoms with Gasteiger partial charge in [-0.3, -0.25) is 4.79 Å². The van der Waals surface area contributed by atoms with Crippen LogP contribution >= 0.6 is 0 Å². The highest BCUT2D eigenvalue weighted by Gasteiger charge is 2.39. The summed E-state index contributed by atoms with van der Waals surface area (Å²) in [6.45, 7) is 6.00. The Morgan fingerprint density at radius 3 is 2.11 bits per heavy atom. The lowest BCUT2D eigenvalue weighted by Crippen LogP contribution is -2.33. The van der Waals surface area contributed by atoms with Crippen LogP contribution in [0.15, 0.2) is 41.3 Å². The predicted molar refractivity (Wildman–Crippen MR) is 106 cm³/mol. The van der Waals surface area contributed by atoms with Crippen LogP contribution in [-0.4, -0.2) is 31.7 Å². The summed E-state index contributed by atoms with van der Waals surface area (Å²) in [6.07, 6.45) is 1.78. The Hall–Kier alpha value is -2.18. The smallest absolute Gasteiger partial charge is 0.251 e. The molecule has 27 heavy (non-hydrogen) atoms. The molecule has 0 radical (unpaired) electrons. The van der Waals surface area contributed by atoms with Gasteiger partial charge in [0.2, 0.25) is 10.0 Å². The molecule has 144 valence electrons. The molecule has 2 aromatic rings. The van der Waals surface area contributed by atoms with E-state index in [0.29, 0.717) is 17.0 Å². The second kappa shape index (κ2) is 7.44. The lowest BCUT2D eigenvalue weighted by Gasteiger charge is -2.24. The summed E-state index contributed by atoms with van der Waals surface area (Å²) < 4.78 is 28.5. The molecule has 1 aliphatic rings. The number of carbonyl (C=O) groups is 1. The first-order valence-corrected chi connectivity index (χ1v) is 10.6. The standard InChI is InChI=1S/C21H26N2O3S/c1-14-11-15(2)20(16(3)12-14)27(25,26)23(19-9-10-19)13-17-5-7-18(8-6-17)21(24)22-4/h5-8,11-12,19H,9-10,13H2,1-4H3,(H,22,24). The van der Waals surface area contributed by atoms with Crippen LogP contribution in [0, 0.1) is 20.8 Å². The van der Waals surface area contributed by atoms with Crippen LogP contribution < -0.4 is 5.32 Å². The van der Waals surface area contributed by atoms with Crippen molar-refractivity contribution in [3.63, 3.8) is 0 Å². The molecule has 0 aliphatic heterocycles. The Morgan fingerprint density at radius 1 is 1.07 bits per heavy atom. The number of aryl methyl sites for hydroxylation is 3. The van der Waals surface area contributed by atoms with Gasteiger partial charge in [0.05, 0.1) is 4.90 Å². The van der Waals surface area contributed by atoms with Crippen molar-refractivity contribution in [3.8, 4) is 0 Å². The average Bonchev–Trinajstić information content (AvgIpc) is 3.43. The first kappa shape index (κ1) is 19.6. The monoisotopic (exact) mass is 386 g/mol. The van der Waals surface area contributed by atoms with Crippen LogP contribution in [-0.2, 0) is 16.6 Å². The van der Waals surface area contributed by atoms with Crippen LogP contribution in [0.3, 0.4) is 0 Å². The van der Waals surface area contributed by atoms with Gasteiger partial charge in [0.1, 0.15) is 0 Å². The zero-order valence-electron chi connectivity index (χ0n) is 16.2. The van der Waals surface area contributed by atoms with Gasteiger partial charge in [-0.1, -0.05) is 29.8 Å². The summed E-state index contributed by atoms with van der Waals surface area (Å²) in [5.74, 6) is -0.154. The van der Waals surface area contributed by atoms with Gasteiger partial charge in [-0.15, -0.1) is 0 Å². The number of carbonyl (C=O) groups excluding carboxylic acids is 1. The average molecular weight is 387 g/mol. The van der Waals surface area contributed by atoms with Crippen molar-refractivity contribution in [3.05, 3.63) is 64.2 Å². The van der Waals surface area contributed by atoms with Crippen molar-refractivity contribution in [1.82, 2.24) is 9.62 Å². The van der Waals surface area contributed by atoms with E-state index in [-0.39, 0.29) is 11.9 Å². The summed E-state index contributed by atoms with van der Waals surface area (Å²) in [7, 11) is -2.00. The number of rotatable bonds is 6. The quantitative estimate of drug-likeness (QED) is 0.828. The molecule has 2 aromatic carbocycles. The summed E-state index contributed by atoms with van der Waals surface area (Å²) in [5.41, 5.74) is 4.07. The topological polar surface area (TPSA) is 66.5 Å². The molecule has 3 rings (SSSR count). The zero-order valence-corrected chi connectivity index (χ0v) is 17.1. The summed E-state index contributed by atoms with van der Waals surface area (Å²) in [6, 6.07) is 11.0. The molecular weight excluding hydrogens is 360 g/mol. The summed E-state index contributed by atoms with van der Waals surface area (Å²) in [5, 5.41) is 2.59. The van der Waals surface area contributed by atoms with E-state index in [1.54, 1.807) is 23.5 Å². The van der Waals surface area contributed by atoms with E-state index in [2.05, 4.69) is 5.32 Å². The van der Waals surface area contributed by atoms with E-state index in [1.807, 2.05) is 45.0 Å². The predicted octanol–water partition coefficient (Wildman–Crippen LogP) is 3.32. The van der Waals surface area contributed by atoms with Crippen LogP contribution in [0.1, 0.15) is 45.5 Å². The maximum absolute atomic E-state index is 13.5. The third-order valence-electron chi connectivity index (χ3n) is 4.91. The molecule has 1 amide bonds. The maximum Gasteiger partial charge on any atom is 0.251 e. The number of benzene rings is 2. The fraction of sp³-hybridized carbons (Fsp3) is 0.381. The SMILES string of the molecule is CNC(=O)c1ccc(CN(C2CC2)S(=O)(=O)c2c(C)cc(C)cc2C)cc1. The molecule has 0 saturated heterocycles. The van der Waals surface area contributed by atoms with E-state index < -0.39 is 10.0 Å². The van der Waals surface area contributed by atoms with Crippen molar-refractivity contribution in [2.45, 2.75) is 51.1 Å². The minimum absolute atomic E-state index is 0.0497. The highest BCUT2D eigenvalue weighted by molar-refractivity contribution is 7.89. The van der Waals surface area contributed by atoms with E-state index in [4.69, 9.17) is 0 Å². The number of nitrogens with zero attached hydrogens (tertiary/aromatic N) is 1. The van der Waals surface area contributed by atoms with Gasteiger partial charge in [-0.05, 0) is 62.4 Å². The molecule has 0 aromatic heterocycles. The molecular formula is C21H26N2O3S. The fourth-order valence-corrected chi connectivity index (χ4v) is 5.64. The third-order valence-corrected chi connectivity index (χ3v) is 7.11. The molecule has 0 atom stereocenters. The van der Waals surface area contributed by atoms with Gasteiger partial charge in [0.15, 0.2) is 0 Å². The Labute approximate surface area is 161 Å². The molecule has 1 fully saturated rings. The first-order chi connectivity index (χ1) is 12.7. The van der Waals surface area contributed by atoms with Crippen molar-refractivity contribution in [2.24, 2.45) is 0 Å². The number of nitrogens with one attached hydrogen (secondary N) is 1. The number of amides is 1. The number of hydrogen-bond donors (Lipinski definition) is 1. The lowest BCUT2D eigenvalue weighted by atomic mass is 10.1. The minimum Gasteiger partial charge on any atom is -0.355 e. The van der Waals surface area contributed by atoms with Gasteiger partial charge in [-0.25, -0.2) is 8.42 Å². The molecule has 6 heteroatoms. The van der Waals surface area contributed by atoms with Gasteiger partial charge in [-0.2, -0.15) is 4.31 Å². The first-order valence-electron chi connectivity index (χ1n) is 9.14. The lowest BCUT2D eigenvalue weighted by molar-refractivity contribution is 0.0963. The Bertz CT molecular complexity index is 938. The van der Waals surface area contributed by atoms with E-state index in [0.717, 1.165) is 35.1 Å². The van der Waals surface area contributed by atoms with Crippen LogP contribution in [0.5, 0.6) is 0 Å². The molecule has 1 saturated carbocycles. The molecule has 5 nitrogen and oxygen atoms in total. The zero-order chi connectivity index (χ0) is 19.8. The van der Waals surface area contributed by atoms with Gasteiger partial charge in [0, 0.05) is 25.2 Å². The van der Waals surface area contributed by atoms with Crippen LogP contribution in [0.2, 0.25) is 0 Å². The van der Waals surface area contributed by atoms with Crippen LogP contribution in [0.25, 0.3) is 0 Å². The second-order valence-corrected chi connectivity index (χ2v) is 9.11. The largest absolute Gasteiger partial charge is 0.355 e. The molecule has 0 unspecified atom stereocenters. The normalized spacial score (nSPS) is 14.4. The minimum atomic E-state index is -3.59. The molecule has 1 aliphatic carbocycles. The Kier molecular flexibility index (Phi) is 5.40. The van der Waals surface area contributed by atoms with Crippen LogP contribution in [0.4, 0.5) is 0 Å². The van der Waals surface area contributed by atoms with Gasteiger partial charge < -0.3 is 5.32 Å². The van der Waals surface area contributed by atoms with Crippen molar-refractivity contribution >= 4 is 15.9 Å². The number of hydrogen-bond acceptors (Lipinski definition) is 3. The Morgan fingerprint density at radius 2 is 1.63 bits per heavy atom. The summed E-state index contributed by atoms with van der Waals surface area (Å²) >= 11 is 0. The Balaban J connectivity index is 1.93. The molecule has 0 spiro atoms. The fourth-order valence-electron chi connectivity index (χ4n) is 3.55. The third kappa shape index (κ3) is 4.06. The van der Waals surface area contributed by atoms with Crippen molar-refractivity contribution < 1.29 is 13.2 Å². The van der Waals surface area contributed by atoms with Gasteiger partial charge >= 0.3 is 0 Å². The maximum atomic E-state index is 13.5. The van der Waals surface area contributed by atoms with Crippen molar-refractivity contribution in [1.29, 1.82) is 0 Å². The highest BCUT2D eigenvalue weighted by Crippen LogP contribution is 2.35. The number of sulfonamides is 1.